The molecule has 1 aromatic rings. The molecule has 2 rings (SSSR count). The van der Waals surface area contributed by atoms with Crippen LogP contribution in [0.25, 0.3) is 0 Å². The summed E-state index contributed by atoms with van der Waals surface area (Å²) in [4.78, 5) is 10.6. The number of aliphatic imine (C=N–C) groups is 1. The van der Waals surface area contributed by atoms with Gasteiger partial charge in [0, 0.05) is 46.1 Å². The van der Waals surface area contributed by atoms with E-state index in [0.717, 1.165) is 31.6 Å². The first-order chi connectivity index (χ1) is 11.7. The Hall–Kier alpha value is -0.800. The molecule has 2 heterocycles. The molecule has 0 amide bonds. The fourth-order valence-corrected chi connectivity index (χ4v) is 2.78. The van der Waals surface area contributed by atoms with Gasteiger partial charge in [0.15, 0.2) is 5.96 Å². The predicted octanol–water partition coefficient (Wildman–Crippen LogP) is 3.06. The lowest BCUT2D eigenvalue weighted by atomic mass is 9.96. The van der Waals surface area contributed by atoms with E-state index in [0.29, 0.717) is 24.1 Å². The third kappa shape index (κ3) is 8.42. The molecule has 1 saturated heterocycles. The van der Waals surface area contributed by atoms with E-state index in [1.807, 2.05) is 0 Å². The third-order valence-corrected chi connectivity index (χ3v) is 4.35. The topological polar surface area (TPSA) is 59.0 Å². The van der Waals surface area contributed by atoms with Crippen LogP contribution in [0.2, 0.25) is 5.02 Å². The van der Waals surface area contributed by atoms with Gasteiger partial charge in [-0.15, -0.1) is 24.0 Å². The zero-order valence-electron chi connectivity index (χ0n) is 14.9. The highest BCUT2D eigenvalue weighted by Gasteiger charge is 2.15. The van der Waals surface area contributed by atoms with Crippen molar-refractivity contribution >= 4 is 41.5 Å². The van der Waals surface area contributed by atoms with Gasteiger partial charge in [0.25, 0.3) is 0 Å². The number of halogens is 2. The lowest BCUT2D eigenvalue weighted by Gasteiger charge is -2.26. The molecule has 0 saturated carbocycles. The number of pyridine rings is 1. The highest BCUT2D eigenvalue weighted by atomic mass is 127. The number of nitrogens with zero attached hydrogens (tertiary/aromatic N) is 3. The molecule has 0 unspecified atom stereocenters. The predicted molar refractivity (Wildman–Crippen MR) is 112 cm³/mol. The van der Waals surface area contributed by atoms with Gasteiger partial charge < -0.3 is 19.7 Å². The third-order valence-electron chi connectivity index (χ3n) is 4.12. The van der Waals surface area contributed by atoms with Crippen LogP contribution in [0.4, 0.5) is 0 Å². The number of ether oxygens (including phenoxy) is 2. The van der Waals surface area contributed by atoms with Crippen molar-refractivity contribution < 1.29 is 9.47 Å². The largest absolute Gasteiger partial charge is 0.476 e. The lowest BCUT2D eigenvalue weighted by molar-refractivity contribution is 0.0625. The van der Waals surface area contributed by atoms with Gasteiger partial charge in [0.2, 0.25) is 5.88 Å². The molecular weight excluding hydrogens is 455 g/mol. The van der Waals surface area contributed by atoms with Crippen LogP contribution in [0.3, 0.4) is 0 Å². The van der Waals surface area contributed by atoms with Crippen LogP contribution in [-0.4, -0.2) is 62.8 Å². The summed E-state index contributed by atoms with van der Waals surface area (Å²) >= 11 is 5.80. The van der Waals surface area contributed by atoms with E-state index in [-0.39, 0.29) is 24.0 Å². The molecule has 8 heteroatoms. The number of hydrogen-bond acceptors (Lipinski definition) is 4. The molecule has 1 aromatic heterocycles. The van der Waals surface area contributed by atoms with E-state index in [1.165, 1.54) is 19.3 Å². The molecule has 0 spiro atoms. The van der Waals surface area contributed by atoms with Crippen LogP contribution in [-0.2, 0) is 4.74 Å². The Morgan fingerprint density at radius 1 is 1.44 bits per heavy atom. The summed E-state index contributed by atoms with van der Waals surface area (Å²) < 4.78 is 11.0. The van der Waals surface area contributed by atoms with Crippen LogP contribution in [0.15, 0.2) is 23.3 Å². The van der Waals surface area contributed by atoms with Gasteiger partial charge in [-0.1, -0.05) is 11.6 Å². The fourth-order valence-electron chi connectivity index (χ4n) is 2.67. The molecule has 1 aliphatic heterocycles. The molecular formula is C17H28ClIN4O2. The lowest BCUT2D eigenvalue weighted by Crippen LogP contribution is -2.41. The van der Waals surface area contributed by atoms with Crippen LogP contribution in [0, 0.1) is 5.92 Å². The number of nitrogens with one attached hydrogen (secondary N) is 1. The minimum atomic E-state index is 0. The molecule has 6 nitrogen and oxygen atoms in total. The standard InChI is InChI=1S/C17H27ClN4O2.HI/c1-19-17(22(2)9-5-14-6-10-23-11-7-14)20-8-12-24-16-4-3-15(18)13-21-16;/h3-4,13-14H,5-12H2,1-2H3,(H,19,20);1H. The first-order valence-corrected chi connectivity index (χ1v) is 8.80. The van der Waals surface area contributed by atoms with E-state index in [4.69, 9.17) is 21.1 Å². The molecule has 25 heavy (non-hydrogen) atoms. The number of rotatable bonds is 7. The molecule has 0 bridgehead atoms. The molecule has 1 aliphatic rings. The van der Waals surface area contributed by atoms with Gasteiger partial charge >= 0.3 is 0 Å². The first-order valence-electron chi connectivity index (χ1n) is 8.43. The molecule has 142 valence electrons. The molecule has 0 aromatic carbocycles. The average molecular weight is 483 g/mol. The first kappa shape index (κ1) is 22.2. The Labute approximate surface area is 172 Å². The van der Waals surface area contributed by atoms with Crippen molar-refractivity contribution in [3.63, 3.8) is 0 Å². The normalized spacial score (nSPS) is 15.4. The summed E-state index contributed by atoms with van der Waals surface area (Å²) in [6, 6.07) is 3.53. The highest BCUT2D eigenvalue weighted by molar-refractivity contribution is 14.0. The average Bonchev–Trinajstić information content (AvgIpc) is 2.62. The number of guanidine groups is 1. The Morgan fingerprint density at radius 3 is 2.84 bits per heavy atom. The summed E-state index contributed by atoms with van der Waals surface area (Å²) in [6.45, 7) is 3.97. The molecule has 1 N–H and O–H groups in total. The quantitative estimate of drug-likeness (QED) is 0.280. The Bertz CT molecular complexity index is 510. The second-order valence-corrected chi connectivity index (χ2v) is 6.34. The molecule has 0 radical (unpaired) electrons. The summed E-state index contributed by atoms with van der Waals surface area (Å²) in [5.74, 6) is 2.22. The van der Waals surface area contributed by atoms with Crippen LogP contribution in [0.1, 0.15) is 19.3 Å². The molecule has 1 fully saturated rings. The minimum Gasteiger partial charge on any atom is -0.476 e. The maximum atomic E-state index is 5.80. The van der Waals surface area contributed by atoms with Gasteiger partial charge in [-0.05, 0) is 31.2 Å². The van der Waals surface area contributed by atoms with Crippen molar-refractivity contribution in [1.29, 1.82) is 0 Å². The second-order valence-electron chi connectivity index (χ2n) is 5.90. The zero-order valence-corrected chi connectivity index (χ0v) is 18.0. The monoisotopic (exact) mass is 482 g/mol. The Morgan fingerprint density at radius 2 is 2.20 bits per heavy atom. The molecule has 0 aliphatic carbocycles. The van der Waals surface area contributed by atoms with Gasteiger partial charge in [0.1, 0.15) is 6.61 Å². The Kier molecular flexibility index (Phi) is 11.2. The second kappa shape index (κ2) is 12.5. The van der Waals surface area contributed by atoms with Crippen LogP contribution in [0.5, 0.6) is 5.88 Å². The van der Waals surface area contributed by atoms with E-state index in [2.05, 4.69) is 27.2 Å². The van der Waals surface area contributed by atoms with Crippen molar-refractivity contribution in [2.75, 3.05) is 47.0 Å². The minimum absolute atomic E-state index is 0. The van der Waals surface area contributed by atoms with E-state index < -0.39 is 0 Å². The van der Waals surface area contributed by atoms with E-state index in [9.17, 15) is 0 Å². The van der Waals surface area contributed by atoms with E-state index in [1.54, 1.807) is 25.4 Å². The highest BCUT2D eigenvalue weighted by Crippen LogP contribution is 2.18. The summed E-state index contributed by atoms with van der Waals surface area (Å²) in [5.41, 5.74) is 0. The van der Waals surface area contributed by atoms with Crippen molar-refractivity contribution in [2.45, 2.75) is 19.3 Å². The van der Waals surface area contributed by atoms with Crippen molar-refractivity contribution in [3.8, 4) is 5.88 Å². The van der Waals surface area contributed by atoms with Gasteiger partial charge in [-0.25, -0.2) is 4.98 Å². The van der Waals surface area contributed by atoms with Crippen molar-refractivity contribution in [3.05, 3.63) is 23.4 Å². The maximum Gasteiger partial charge on any atom is 0.213 e. The SMILES string of the molecule is CN=C(NCCOc1ccc(Cl)cn1)N(C)CCC1CCOCC1.I. The van der Waals surface area contributed by atoms with E-state index >= 15 is 0 Å². The van der Waals surface area contributed by atoms with Gasteiger partial charge in [-0.3, -0.25) is 4.99 Å². The van der Waals surface area contributed by atoms with Gasteiger partial charge in [-0.2, -0.15) is 0 Å². The van der Waals surface area contributed by atoms with Crippen LogP contribution >= 0.6 is 35.6 Å². The Balaban J connectivity index is 0.00000312. The summed E-state index contributed by atoms with van der Waals surface area (Å²) in [7, 11) is 3.87. The number of aromatic nitrogens is 1. The van der Waals surface area contributed by atoms with Gasteiger partial charge in [0.05, 0.1) is 11.6 Å². The summed E-state index contributed by atoms with van der Waals surface area (Å²) in [5, 5.41) is 3.91. The smallest absolute Gasteiger partial charge is 0.213 e. The van der Waals surface area contributed by atoms with Crippen molar-refractivity contribution in [2.24, 2.45) is 10.9 Å². The zero-order chi connectivity index (χ0) is 17.2. The van der Waals surface area contributed by atoms with Crippen LogP contribution < -0.4 is 10.1 Å². The molecule has 0 atom stereocenters. The number of hydrogen-bond donors (Lipinski definition) is 1. The maximum absolute atomic E-state index is 5.80. The fraction of sp³-hybridized carbons (Fsp3) is 0.647. The van der Waals surface area contributed by atoms with Crippen molar-refractivity contribution in [1.82, 2.24) is 15.2 Å². The summed E-state index contributed by atoms with van der Waals surface area (Å²) in [6.07, 6.45) is 5.09.